The van der Waals surface area contributed by atoms with Gasteiger partial charge in [0.25, 0.3) is 0 Å². The Kier molecular flexibility index (Phi) is 3.91. The Bertz CT molecular complexity index is 361. The van der Waals surface area contributed by atoms with Crippen LogP contribution in [0.15, 0.2) is 0 Å². The maximum atomic E-state index is 12.6. The van der Waals surface area contributed by atoms with Crippen LogP contribution < -0.4 is 5.73 Å². The van der Waals surface area contributed by atoms with Crippen LogP contribution in [0.1, 0.15) is 33.1 Å². The van der Waals surface area contributed by atoms with Crippen molar-refractivity contribution < 1.29 is 4.79 Å². The Morgan fingerprint density at radius 2 is 2.17 bits per heavy atom. The van der Waals surface area contributed by atoms with E-state index < -0.39 is 0 Å². The van der Waals surface area contributed by atoms with E-state index in [2.05, 4.69) is 6.07 Å². The van der Waals surface area contributed by atoms with Gasteiger partial charge in [-0.15, -0.1) is 0 Å². The minimum Gasteiger partial charge on any atom is -0.341 e. The van der Waals surface area contributed by atoms with Gasteiger partial charge in [-0.1, -0.05) is 0 Å². The maximum Gasteiger partial charge on any atom is 0.227 e. The van der Waals surface area contributed by atoms with Crippen LogP contribution in [0.25, 0.3) is 0 Å². The van der Waals surface area contributed by atoms with E-state index in [1.54, 1.807) is 0 Å². The topological polar surface area (TPSA) is 70.1 Å². The molecule has 0 aromatic rings. The molecule has 2 aliphatic carbocycles. The standard InChI is InChI=1S/C14H23N3O/c1-3-17(8-9(2)7-15)14(18)12-10-4-5-11(6-10)13(12)16/h9-13H,3-6,8,16H2,1-2H3. The van der Waals surface area contributed by atoms with Crippen LogP contribution in [0.4, 0.5) is 0 Å². The minimum atomic E-state index is -0.108. The van der Waals surface area contributed by atoms with E-state index in [9.17, 15) is 4.79 Å². The van der Waals surface area contributed by atoms with Crippen LogP contribution in [0.5, 0.6) is 0 Å². The molecule has 5 atom stereocenters. The lowest BCUT2D eigenvalue weighted by Crippen LogP contribution is -2.48. The predicted molar refractivity (Wildman–Crippen MR) is 69.3 cm³/mol. The summed E-state index contributed by atoms with van der Waals surface area (Å²) in [4.78, 5) is 14.4. The molecule has 0 aromatic carbocycles. The molecule has 0 aliphatic heterocycles. The molecule has 0 spiro atoms. The van der Waals surface area contributed by atoms with Crippen molar-refractivity contribution in [3.63, 3.8) is 0 Å². The van der Waals surface area contributed by atoms with E-state index in [4.69, 9.17) is 11.0 Å². The number of hydrogen-bond acceptors (Lipinski definition) is 3. The molecule has 0 saturated heterocycles. The first kappa shape index (κ1) is 13.4. The first-order valence-electron chi connectivity index (χ1n) is 7.02. The number of carbonyl (C=O) groups is 1. The van der Waals surface area contributed by atoms with Crippen LogP contribution in [0.2, 0.25) is 0 Å². The Hall–Kier alpha value is -1.08. The Balaban J connectivity index is 2.03. The molecule has 100 valence electrons. The highest BCUT2D eigenvalue weighted by Gasteiger charge is 2.49. The third-order valence-electron chi connectivity index (χ3n) is 4.67. The highest BCUT2D eigenvalue weighted by Crippen LogP contribution is 2.48. The summed E-state index contributed by atoms with van der Waals surface area (Å²) in [6, 6.07) is 2.24. The van der Waals surface area contributed by atoms with Crippen LogP contribution in [-0.4, -0.2) is 29.9 Å². The number of nitriles is 1. The van der Waals surface area contributed by atoms with Crippen molar-refractivity contribution in [1.29, 1.82) is 5.26 Å². The second kappa shape index (κ2) is 5.27. The van der Waals surface area contributed by atoms with Crippen molar-refractivity contribution in [3.05, 3.63) is 0 Å². The average molecular weight is 249 g/mol. The predicted octanol–water partition coefficient (Wildman–Crippen LogP) is 1.37. The molecule has 2 bridgehead atoms. The fourth-order valence-electron chi connectivity index (χ4n) is 3.66. The van der Waals surface area contributed by atoms with Crippen LogP contribution in [0, 0.1) is 35.0 Å². The molecule has 4 nitrogen and oxygen atoms in total. The summed E-state index contributed by atoms with van der Waals surface area (Å²) >= 11 is 0. The Morgan fingerprint density at radius 3 is 2.67 bits per heavy atom. The first-order chi connectivity index (χ1) is 8.58. The summed E-state index contributed by atoms with van der Waals surface area (Å²) in [6.45, 7) is 5.04. The van der Waals surface area contributed by atoms with Crippen molar-refractivity contribution in [2.24, 2.45) is 29.4 Å². The van der Waals surface area contributed by atoms with Gasteiger partial charge in [0.2, 0.25) is 5.91 Å². The average Bonchev–Trinajstić information content (AvgIpc) is 2.95. The van der Waals surface area contributed by atoms with Gasteiger partial charge in [-0.25, -0.2) is 0 Å². The molecule has 2 N–H and O–H groups in total. The van der Waals surface area contributed by atoms with Gasteiger partial charge in [0, 0.05) is 19.1 Å². The first-order valence-corrected chi connectivity index (χ1v) is 7.02. The van der Waals surface area contributed by atoms with Crippen LogP contribution in [0.3, 0.4) is 0 Å². The van der Waals surface area contributed by atoms with E-state index in [1.165, 1.54) is 6.42 Å². The second-order valence-electron chi connectivity index (χ2n) is 5.84. The van der Waals surface area contributed by atoms with Gasteiger partial charge < -0.3 is 10.6 Å². The maximum absolute atomic E-state index is 12.6. The summed E-state index contributed by atoms with van der Waals surface area (Å²) in [5, 5.41) is 8.87. The second-order valence-corrected chi connectivity index (χ2v) is 5.84. The number of nitrogens with zero attached hydrogens (tertiary/aromatic N) is 2. The zero-order chi connectivity index (χ0) is 13.3. The van der Waals surface area contributed by atoms with Gasteiger partial charge in [0.05, 0.1) is 17.9 Å². The summed E-state index contributed by atoms with van der Waals surface area (Å²) in [5.41, 5.74) is 6.21. The molecule has 2 aliphatic rings. The number of hydrogen-bond donors (Lipinski definition) is 1. The smallest absolute Gasteiger partial charge is 0.227 e. The van der Waals surface area contributed by atoms with Crippen molar-refractivity contribution in [2.75, 3.05) is 13.1 Å². The molecule has 2 rings (SSSR count). The third-order valence-corrected chi connectivity index (χ3v) is 4.67. The van der Waals surface area contributed by atoms with Gasteiger partial charge >= 0.3 is 0 Å². The number of carbonyl (C=O) groups excluding carboxylic acids is 1. The molecule has 0 aromatic heterocycles. The fourth-order valence-corrected chi connectivity index (χ4v) is 3.66. The molecular formula is C14H23N3O. The van der Waals surface area contributed by atoms with Crippen molar-refractivity contribution in [2.45, 2.75) is 39.2 Å². The van der Waals surface area contributed by atoms with Gasteiger partial charge in [-0.2, -0.15) is 5.26 Å². The zero-order valence-electron chi connectivity index (χ0n) is 11.3. The lowest BCUT2D eigenvalue weighted by molar-refractivity contribution is -0.137. The number of rotatable bonds is 4. The lowest BCUT2D eigenvalue weighted by atomic mass is 9.84. The van der Waals surface area contributed by atoms with Gasteiger partial charge in [0.1, 0.15) is 0 Å². The monoisotopic (exact) mass is 249 g/mol. The summed E-state index contributed by atoms with van der Waals surface area (Å²) in [5.74, 6) is 1.12. The highest BCUT2D eigenvalue weighted by molar-refractivity contribution is 5.80. The Labute approximate surface area is 109 Å². The minimum absolute atomic E-state index is 0.00888. The zero-order valence-corrected chi connectivity index (χ0v) is 11.3. The molecular weight excluding hydrogens is 226 g/mol. The van der Waals surface area contributed by atoms with Crippen LogP contribution >= 0.6 is 0 Å². The van der Waals surface area contributed by atoms with Gasteiger partial charge in [-0.3, -0.25) is 4.79 Å². The van der Waals surface area contributed by atoms with E-state index >= 15 is 0 Å². The quantitative estimate of drug-likeness (QED) is 0.818. The molecule has 0 heterocycles. The number of nitrogens with two attached hydrogens (primary N) is 1. The fraction of sp³-hybridized carbons (Fsp3) is 0.857. The molecule has 2 fully saturated rings. The highest BCUT2D eigenvalue weighted by atomic mass is 16.2. The molecule has 2 saturated carbocycles. The molecule has 1 amide bonds. The normalized spacial score (nSPS) is 35.2. The number of amides is 1. The van der Waals surface area contributed by atoms with E-state index in [0.29, 0.717) is 24.9 Å². The van der Waals surface area contributed by atoms with Gasteiger partial charge in [-0.05, 0) is 44.9 Å². The summed E-state index contributed by atoms with van der Waals surface area (Å²) in [6.07, 6.45) is 3.47. The summed E-state index contributed by atoms with van der Waals surface area (Å²) < 4.78 is 0. The van der Waals surface area contributed by atoms with Crippen molar-refractivity contribution in [1.82, 2.24) is 4.90 Å². The van der Waals surface area contributed by atoms with Crippen molar-refractivity contribution in [3.8, 4) is 6.07 Å². The van der Waals surface area contributed by atoms with Gasteiger partial charge in [0.15, 0.2) is 0 Å². The van der Waals surface area contributed by atoms with E-state index in [1.807, 2.05) is 18.7 Å². The third kappa shape index (κ3) is 2.24. The molecule has 18 heavy (non-hydrogen) atoms. The lowest BCUT2D eigenvalue weighted by Gasteiger charge is -2.32. The summed E-state index contributed by atoms with van der Waals surface area (Å²) in [7, 11) is 0. The SMILES string of the molecule is CCN(CC(C)C#N)C(=O)C1C2CCC(C2)C1N. The Morgan fingerprint density at radius 1 is 1.50 bits per heavy atom. The van der Waals surface area contributed by atoms with E-state index in [0.717, 1.165) is 12.8 Å². The molecule has 0 radical (unpaired) electrons. The number of fused-ring (bicyclic) bond motifs is 2. The van der Waals surface area contributed by atoms with Crippen LogP contribution in [-0.2, 0) is 4.79 Å². The van der Waals surface area contributed by atoms with Crippen molar-refractivity contribution >= 4 is 5.91 Å². The largest absolute Gasteiger partial charge is 0.341 e. The van der Waals surface area contributed by atoms with E-state index in [-0.39, 0.29) is 23.8 Å². The molecule has 4 heteroatoms. The molecule has 5 unspecified atom stereocenters.